The number of rotatable bonds is 6. The summed E-state index contributed by atoms with van der Waals surface area (Å²) >= 11 is 1.06. The molecule has 1 aromatic carbocycles. The van der Waals surface area contributed by atoms with Gasteiger partial charge >= 0.3 is 5.97 Å². The maximum absolute atomic E-state index is 13.0. The summed E-state index contributed by atoms with van der Waals surface area (Å²) in [5, 5.41) is 3.99. The van der Waals surface area contributed by atoms with Crippen molar-refractivity contribution in [1.29, 1.82) is 0 Å². The number of benzene rings is 1. The van der Waals surface area contributed by atoms with E-state index in [9.17, 15) is 14.4 Å². The van der Waals surface area contributed by atoms with Gasteiger partial charge in [0, 0.05) is 11.5 Å². The minimum Gasteiger partial charge on any atom is -0.462 e. The highest BCUT2D eigenvalue weighted by molar-refractivity contribution is 7.17. The van der Waals surface area contributed by atoms with Crippen molar-refractivity contribution in [1.82, 2.24) is 9.55 Å². The minimum absolute atomic E-state index is 0.231. The van der Waals surface area contributed by atoms with Crippen molar-refractivity contribution in [2.24, 2.45) is 0 Å². The number of carbonyl (C=O) groups is 2. The molecule has 3 rings (SSSR count). The Morgan fingerprint density at radius 2 is 1.97 bits per heavy atom. The predicted molar refractivity (Wildman–Crippen MR) is 114 cm³/mol. The highest BCUT2D eigenvalue weighted by Gasteiger charge is 2.24. The van der Waals surface area contributed by atoms with Crippen molar-refractivity contribution >= 4 is 39.2 Å². The zero-order valence-electron chi connectivity index (χ0n) is 16.8. The minimum atomic E-state index is -0.705. The van der Waals surface area contributed by atoms with E-state index >= 15 is 0 Å². The van der Waals surface area contributed by atoms with Crippen LogP contribution in [-0.4, -0.2) is 28.0 Å². The van der Waals surface area contributed by atoms with E-state index in [-0.39, 0.29) is 18.1 Å². The van der Waals surface area contributed by atoms with E-state index in [1.54, 1.807) is 19.9 Å². The number of carbonyl (C=O) groups excluding carboxylic acids is 2. The number of esters is 1. The molecular formula is C21H23N3O4S. The lowest BCUT2D eigenvalue weighted by molar-refractivity contribution is -0.119. The summed E-state index contributed by atoms with van der Waals surface area (Å²) < 4.78 is 6.53. The Morgan fingerprint density at radius 3 is 2.66 bits per heavy atom. The highest BCUT2D eigenvalue weighted by atomic mass is 32.1. The second-order valence-electron chi connectivity index (χ2n) is 6.62. The Bertz CT molecular complexity index is 1130. The molecule has 29 heavy (non-hydrogen) atoms. The fraction of sp³-hybridized carbons (Fsp3) is 0.333. The van der Waals surface area contributed by atoms with Crippen molar-refractivity contribution in [3.05, 3.63) is 56.8 Å². The summed E-state index contributed by atoms with van der Waals surface area (Å²) in [6.07, 6.45) is 0.424. The van der Waals surface area contributed by atoms with Gasteiger partial charge in [-0.25, -0.2) is 9.78 Å². The molecule has 0 aliphatic heterocycles. The van der Waals surface area contributed by atoms with Crippen LogP contribution in [-0.2, 0) is 9.53 Å². The number of nitrogens with one attached hydrogen (secondary N) is 1. The number of amides is 1. The summed E-state index contributed by atoms with van der Waals surface area (Å²) in [4.78, 5) is 42.4. The van der Waals surface area contributed by atoms with Crippen LogP contribution in [0.3, 0.4) is 0 Å². The average Bonchev–Trinajstić information content (AvgIpc) is 3.05. The number of para-hydroxylation sites is 1. The molecule has 1 amide bonds. The van der Waals surface area contributed by atoms with E-state index in [2.05, 4.69) is 10.3 Å². The maximum Gasteiger partial charge on any atom is 0.350 e. The van der Waals surface area contributed by atoms with Crippen molar-refractivity contribution in [2.45, 2.75) is 40.2 Å². The molecule has 0 saturated carbocycles. The molecule has 0 radical (unpaired) electrons. The summed E-state index contributed by atoms with van der Waals surface area (Å²) in [5.41, 5.74) is 1.84. The van der Waals surface area contributed by atoms with Crippen LogP contribution >= 0.6 is 11.3 Å². The van der Waals surface area contributed by atoms with E-state index < -0.39 is 12.0 Å². The monoisotopic (exact) mass is 413 g/mol. The van der Waals surface area contributed by atoms with Gasteiger partial charge in [-0.2, -0.15) is 0 Å². The lowest BCUT2D eigenvalue weighted by atomic mass is 10.1. The molecule has 7 nitrogen and oxygen atoms in total. The van der Waals surface area contributed by atoms with Crippen molar-refractivity contribution in [2.75, 3.05) is 11.9 Å². The van der Waals surface area contributed by atoms with Crippen LogP contribution < -0.4 is 10.9 Å². The van der Waals surface area contributed by atoms with Gasteiger partial charge in [0.05, 0.1) is 17.8 Å². The Balaban J connectivity index is 1.95. The van der Waals surface area contributed by atoms with Gasteiger partial charge < -0.3 is 10.1 Å². The largest absolute Gasteiger partial charge is 0.462 e. The second-order valence-corrected chi connectivity index (χ2v) is 7.62. The van der Waals surface area contributed by atoms with Crippen LogP contribution in [0.4, 0.5) is 5.13 Å². The fourth-order valence-electron chi connectivity index (χ4n) is 3.30. The first-order valence-electron chi connectivity index (χ1n) is 9.43. The molecule has 8 heteroatoms. The molecule has 0 bridgehead atoms. The van der Waals surface area contributed by atoms with E-state index in [4.69, 9.17) is 4.74 Å². The van der Waals surface area contributed by atoms with Crippen molar-refractivity contribution in [3.63, 3.8) is 0 Å². The Kier molecular flexibility index (Phi) is 6.12. The molecule has 3 aromatic rings. The summed E-state index contributed by atoms with van der Waals surface area (Å²) in [5.74, 6) is -0.816. The van der Waals surface area contributed by atoms with Gasteiger partial charge in [0.15, 0.2) is 5.13 Å². The fourth-order valence-corrected chi connectivity index (χ4v) is 4.16. The summed E-state index contributed by atoms with van der Waals surface area (Å²) in [6, 6.07) is 8.36. The zero-order valence-corrected chi connectivity index (χ0v) is 17.6. The molecular weight excluding hydrogens is 390 g/mol. The lowest BCUT2D eigenvalue weighted by Crippen LogP contribution is -2.33. The van der Waals surface area contributed by atoms with Crippen LogP contribution in [0, 0.1) is 13.8 Å². The summed E-state index contributed by atoms with van der Waals surface area (Å²) in [6.45, 7) is 7.41. The van der Waals surface area contributed by atoms with E-state index in [0.29, 0.717) is 27.6 Å². The molecule has 152 valence electrons. The molecule has 0 aliphatic carbocycles. The molecule has 1 atom stereocenters. The number of thiazole rings is 1. The zero-order chi connectivity index (χ0) is 21.1. The van der Waals surface area contributed by atoms with Crippen molar-refractivity contribution in [3.8, 4) is 0 Å². The van der Waals surface area contributed by atoms with Crippen molar-refractivity contribution < 1.29 is 14.3 Å². The average molecular weight is 413 g/mol. The number of anilines is 1. The number of ether oxygens (including phenoxy) is 1. The molecule has 2 aromatic heterocycles. The van der Waals surface area contributed by atoms with Crippen LogP contribution in [0.5, 0.6) is 0 Å². The van der Waals surface area contributed by atoms with Crippen LogP contribution in [0.1, 0.15) is 47.2 Å². The van der Waals surface area contributed by atoms with Gasteiger partial charge in [0.2, 0.25) is 5.91 Å². The first-order valence-corrected chi connectivity index (χ1v) is 10.2. The topological polar surface area (TPSA) is 90.3 Å². The first-order chi connectivity index (χ1) is 13.9. The molecule has 0 fully saturated rings. The second kappa shape index (κ2) is 8.57. The molecule has 0 spiro atoms. The van der Waals surface area contributed by atoms with Gasteiger partial charge in [0.1, 0.15) is 10.9 Å². The third-order valence-electron chi connectivity index (χ3n) is 4.65. The normalized spacial score (nSPS) is 12.0. The van der Waals surface area contributed by atoms with Crippen LogP contribution in [0.2, 0.25) is 0 Å². The number of aromatic nitrogens is 2. The van der Waals surface area contributed by atoms with Gasteiger partial charge in [-0.05, 0) is 38.8 Å². The molecule has 0 aliphatic rings. The van der Waals surface area contributed by atoms with Crippen LogP contribution in [0.15, 0.2) is 35.1 Å². The molecule has 1 unspecified atom stereocenters. The summed E-state index contributed by atoms with van der Waals surface area (Å²) in [7, 11) is 0. The third-order valence-corrected chi connectivity index (χ3v) is 5.71. The molecule has 0 saturated heterocycles. The lowest BCUT2D eigenvalue weighted by Gasteiger charge is -2.20. The Labute approximate surface area is 172 Å². The third kappa shape index (κ3) is 4.07. The smallest absolute Gasteiger partial charge is 0.350 e. The predicted octanol–water partition coefficient (Wildman–Crippen LogP) is 3.84. The number of nitrogens with zero attached hydrogens (tertiary/aromatic N) is 2. The number of pyridine rings is 1. The standard InChI is InChI=1S/C21H23N3O4S/c1-5-15(24-16-10-8-7-9-14(16)12(3)11-17(24)25)19(26)23-21-22-13(4)18(29-21)20(27)28-6-2/h7-11,15H,5-6H2,1-4H3,(H,22,23,26). The number of fused-ring (bicyclic) bond motifs is 1. The van der Waals surface area contributed by atoms with Gasteiger partial charge in [0.25, 0.3) is 5.56 Å². The van der Waals surface area contributed by atoms with Gasteiger partial charge in [-0.15, -0.1) is 0 Å². The van der Waals surface area contributed by atoms with Crippen LogP contribution in [0.25, 0.3) is 10.9 Å². The van der Waals surface area contributed by atoms with E-state index in [1.165, 1.54) is 4.57 Å². The quantitative estimate of drug-likeness (QED) is 0.620. The van der Waals surface area contributed by atoms with E-state index in [1.807, 2.05) is 38.1 Å². The Morgan fingerprint density at radius 1 is 1.24 bits per heavy atom. The molecule has 2 heterocycles. The highest BCUT2D eigenvalue weighted by Crippen LogP contribution is 2.26. The number of aryl methyl sites for hydroxylation is 2. The van der Waals surface area contributed by atoms with Gasteiger partial charge in [-0.1, -0.05) is 36.5 Å². The van der Waals surface area contributed by atoms with Gasteiger partial charge in [-0.3, -0.25) is 14.2 Å². The first kappa shape index (κ1) is 20.7. The SMILES string of the molecule is CCOC(=O)c1sc(NC(=O)C(CC)n2c(=O)cc(C)c3ccccc32)nc1C. The Hall–Kier alpha value is -3.00. The maximum atomic E-state index is 13.0. The number of hydrogen-bond acceptors (Lipinski definition) is 6. The van der Waals surface area contributed by atoms with E-state index in [0.717, 1.165) is 22.3 Å². The molecule has 1 N–H and O–H groups in total. The number of hydrogen-bond donors (Lipinski definition) is 1.